The van der Waals surface area contributed by atoms with Crippen LogP contribution in [-0.2, 0) is 20.5 Å². The highest BCUT2D eigenvalue weighted by molar-refractivity contribution is 7.88. The standard InChI is InChI=1S/C28H26FN3O3S.C26H28FN3O3/c29-24-13-11-23(12-14-24)27-26(15-16-32(28(27)33)25-9-5-2-6-10-25)30-17-19-31(20-18-30)36(34,35)21-22-7-3-1-4-8-22;1-26(2,3)33-25(32)29-17-15-28(16-18-29)22-13-14-30(21-7-5-4-6-8-21)24(31)23(22)19-9-11-20(27)12-10-19/h1-16H,17-21H2;4-14H,15-18H2,1-3H3. The van der Waals surface area contributed by atoms with Gasteiger partial charge in [0.25, 0.3) is 11.1 Å². The number of sulfonamides is 1. The van der Waals surface area contributed by atoms with Gasteiger partial charge in [0.15, 0.2) is 0 Å². The SMILES string of the molecule is CC(C)(C)OC(=O)N1CCN(c2ccn(-c3ccccc3)c(=O)c2-c2ccc(F)cc2)CC1.O=c1c(-c2ccc(F)cc2)c(N2CCN(S(=O)(=O)Cc3ccccc3)CC2)ccn1-c1ccccc1. The van der Waals surface area contributed by atoms with Gasteiger partial charge in [-0.05, 0) is 98.1 Å². The predicted octanol–water partition coefficient (Wildman–Crippen LogP) is 9.00. The zero-order chi connectivity index (χ0) is 48.7. The second-order valence-electron chi connectivity index (χ2n) is 17.8. The van der Waals surface area contributed by atoms with Crippen molar-refractivity contribution in [2.75, 3.05) is 62.2 Å². The number of benzene rings is 5. The third-order valence-electron chi connectivity index (χ3n) is 11.9. The van der Waals surface area contributed by atoms with E-state index in [9.17, 15) is 31.6 Å². The highest BCUT2D eigenvalue weighted by atomic mass is 32.2. The zero-order valence-electron chi connectivity index (χ0n) is 38.7. The second kappa shape index (κ2) is 20.9. The van der Waals surface area contributed by atoms with Crippen molar-refractivity contribution >= 4 is 27.5 Å². The van der Waals surface area contributed by atoms with Crippen LogP contribution in [0.1, 0.15) is 26.3 Å². The molecular formula is C54H54F2N6O6S. The Labute approximate surface area is 400 Å². The minimum absolute atomic E-state index is 0.0399. The molecule has 2 aromatic heterocycles. The highest BCUT2D eigenvalue weighted by Gasteiger charge is 2.30. The first-order chi connectivity index (χ1) is 33.1. The summed E-state index contributed by atoms with van der Waals surface area (Å²) in [6.45, 7) is 9.14. The normalized spacial score (nSPS) is 14.5. The van der Waals surface area contributed by atoms with E-state index in [1.807, 2.05) is 129 Å². The Kier molecular flexibility index (Phi) is 14.6. The number of ether oxygens (including phenoxy) is 1. The Morgan fingerprint density at radius 3 is 1.33 bits per heavy atom. The Morgan fingerprint density at radius 1 is 0.536 bits per heavy atom. The largest absolute Gasteiger partial charge is 0.444 e. The maximum Gasteiger partial charge on any atom is 0.410 e. The summed E-state index contributed by atoms with van der Waals surface area (Å²) in [5, 5.41) is 0. The number of carbonyl (C=O) groups is 1. The van der Waals surface area contributed by atoms with Crippen molar-refractivity contribution in [2.24, 2.45) is 0 Å². The number of anilines is 2. The number of hydrogen-bond donors (Lipinski definition) is 0. The van der Waals surface area contributed by atoms with Crippen LogP contribution in [0.5, 0.6) is 0 Å². The molecule has 0 saturated carbocycles. The van der Waals surface area contributed by atoms with Crippen LogP contribution in [0.25, 0.3) is 33.6 Å². The molecule has 0 N–H and O–H groups in total. The summed E-state index contributed by atoms with van der Waals surface area (Å²) in [6, 6.07) is 43.5. The molecule has 69 heavy (non-hydrogen) atoms. The molecule has 0 radical (unpaired) electrons. The van der Waals surface area contributed by atoms with Gasteiger partial charge < -0.3 is 19.4 Å². The fraction of sp³-hybridized carbons (Fsp3) is 0.241. The first-order valence-electron chi connectivity index (χ1n) is 22.8. The van der Waals surface area contributed by atoms with Gasteiger partial charge in [-0.25, -0.2) is 22.0 Å². The lowest BCUT2D eigenvalue weighted by Gasteiger charge is -2.37. The summed E-state index contributed by atoms with van der Waals surface area (Å²) >= 11 is 0. The molecule has 356 valence electrons. The topological polar surface area (TPSA) is 117 Å². The van der Waals surface area contributed by atoms with E-state index in [0.717, 1.165) is 22.6 Å². The van der Waals surface area contributed by atoms with Gasteiger partial charge in [-0.3, -0.25) is 18.7 Å². The van der Waals surface area contributed by atoms with E-state index in [4.69, 9.17) is 4.74 Å². The van der Waals surface area contributed by atoms with Crippen LogP contribution in [-0.4, -0.2) is 90.8 Å². The number of hydrogen-bond acceptors (Lipinski definition) is 8. The highest BCUT2D eigenvalue weighted by Crippen LogP contribution is 2.32. The summed E-state index contributed by atoms with van der Waals surface area (Å²) < 4.78 is 63.4. The minimum atomic E-state index is -3.46. The molecule has 0 atom stereocenters. The molecular weight excluding hydrogens is 899 g/mol. The van der Waals surface area contributed by atoms with Gasteiger partial charge in [0.2, 0.25) is 10.0 Å². The Bertz CT molecular complexity index is 3100. The number of aromatic nitrogens is 2. The van der Waals surface area contributed by atoms with Crippen molar-refractivity contribution in [3.8, 4) is 33.6 Å². The number of carbonyl (C=O) groups excluding carboxylic acids is 1. The molecule has 7 aromatic rings. The molecule has 0 bridgehead atoms. The number of rotatable bonds is 9. The fourth-order valence-electron chi connectivity index (χ4n) is 8.48. The zero-order valence-corrected chi connectivity index (χ0v) is 39.6. The molecule has 5 aromatic carbocycles. The van der Waals surface area contributed by atoms with E-state index in [2.05, 4.69) is 4.90 Å². The van der Waals surface area contributed by atoms with E-state index in [1.54, 1.807) is 50.7 Å². The fourth-order valence-corrected chi connectivity index (χ4v) is 9.99. The number of para-hydroxylation sites is 2. The average molecular weight is 953 g/mol. The van der Waals surface area contributed by atoms with Gasteiger partial charge in [0.05, 0.1) is 28.3 Å². The number of amides is 1. The lowest BCUT2D eigenvalue weighted by molar-refractivity contribution is 0.0240. The maximum absolute atomic E-state index is 13.7. The van der Waals surface area contributed by atoms with Crippen molar-refractivity contribution < 1.29 is 26.7 Å². The quantitative estimate of drug-likeness (QED) is 0.141. The summed E-state index contributed by atoms with van der Waals surface area (Å²) in [5.41, 5.74) is 4.99. The number of nitrogens with zero attached hydrogens (tertiary/aromatic N) is 6. The Balaban J connectivity index is 0.000000187. The maximum atomic E-state index is 13.7. The number of piperazine rings is 2. The number of halogens is 2. The monoisotopic (exact) mass is 952 g/mol. The van der Waals surface area contributed by atoms with Crippen LogP contribution >= 0.6 is 0 Å². The van der Waals surface area contributed by atoms with Crippen LogP contribution in [0.4, 0.5) is 25.0 Å². The summed E-state index contributed by atoms with van der Waals surface area (Å²) in [7, 11) is -3.46. The van der Waals surface area contributed by atoms with Gasteiger partial charge in [-0.2, -0.15) is 4.31 Å². The van der Waals surface area contributed by atoms with Gasteiger partial charge in [-0.1, -0.05) is 91.0 Å². The Morgan fingerprint density at radius 2 is 0.928 bits per heavy atom. The van der Waals surface area contributed by atoms with Crippen LogP contribution in [0.3, 0.4) is 0 Å². The minimum Gasteiger partial charge on any atom is -0.444 e. The molecule has 2 aliphatic rings. The van der Waals surface area contributed by atoms with Crippen LogP contribution < -0.4 is 20.9 Å². The number of pyridine rings is 2. The van der Waals surface area contributed by atoms with Gasteiger partial charge in [0.1, 0.15) is 17.2 Å². The average Bonchev–Trinajstić information content (AvgIpc) is 3.35. The van der Waals surface area contributed by atoms with Crippen molar-refractivity contribution in [1.82, 2.24) is 18.3 Å². The second-order valence-corrected chi connectivity index (χ2v) is 19.7. The van der Waals surface area contributed by atoms with E-state index in [-0.39, 0.29) is 34.6 Å². The van der Waals surface area contributed by atoms with E-state index >= 15 is 0 Å². The van der Waals surface area contributed by atoms with Gasteiger partial charge in [0, 0.05) is 76.1 Å². The van der Waals surface area contributed by atoms with Crippen molar-refractivity contribution in [3.63, 3.8) is 0 Å². The van der Waals surface area contributed by atoms with Crippen LogP contribution in [0.2, 0.25) is 0 Å². The van der Waals surface area contributed by atoms with Crippen LogP contribution in [0, 0.1) is 11.6 Å². The molecule has 15 heteroatoms. The summed E-state index contributed by atoms with van der Waals surface area (Å²) in [6.07, 6.45) is 3.17. The molecule has 2 aliphatic heterocycles. The molecule has 1 amide bonds. The molecule has 2 fully saturated rings. The van der Waals surface area contributed by atoms with E-state index in [1.165, 1.54) is 28.6 Å². The molecule has 0 unspecified atom stereocenters. The first-order valence-corrected chi connectivity index (χ1v) is 24.4. The summed E-state index contributed by atoms with van der Waals surface area (Å²) in [4.78, 5) is 45.5. The third-order valence-corrected chi connectivity index (χ3v) is 13.8. The smallest absolute Gasteiger partial charge is 0.410 e. The Hall–Kier alpha value is -7.36. The van der Waals surface area contributed by atoms with E-state index in [0.29, 0.717) is 80.3 Å². The molecule has 0 spiro atoms. The predicted molar refractivity (Wildman–Crippen MR) is 268 cm³/mol. The van der Waals surface area contributed by atoms with Gasteiger partial charge in [-0.15, -0.1) is 0 Å². The molecule has 0 aliphatic carbocycles. The molecule has 12 nitrogen and oxygen atoms in total. The molecule has 9 rings (SSSR count). The van der Waals surface area contributed by atoms with Crippen LogP contribution in [0.15, 0.2) is 174 Å². The lowest BCUT2D eigenvalue weighted by atomic mass is 10.0. The molecule has 2 saturated heterocycles. The first kappa shape index (κ1) is 48.1. The van der Waals surface area contributed by atoms with Gasteiger partial charge >= 0.3 is 6.09 Å². The van der Waals surface area contributed by atoms with Crippen molar-refractivity contribution in [3.05, 3.63) is 202 Å². The van der Waals surface area contributed by atoms with Crippen molar-refractivity contribution in [2.45, 2.75) is 32.1 Å². The third kappa shape index (κ3) is 11.5. The lowest BCUT2D eigenvalue weighted by Crippen LogP contribution is -2.50. The van der Waals surface area contributed by atoms with E-state index < -0.39 is 15.6 Å². The molecule has 4 heterocycles. The summed E-state index contributed by atoms with van der Waals surface area (Å²) in [5.74, 6) is -0.774. The van der Waals surface area contributed by atoms with Crippen molar-refractivity contribution in [1.29, 1.82) is 0 Å².